The highest BCUT2D eigenvalue weighted by atomic mass is 32.1. The van der Waals surface area contributed by atoms with Crippen LogP contribution >= 0.6 is 12.6 Å². The molecule has 0 saturated heterocycles. The van der Waals surface area contributed by atoms with Gasteiger partial charge in [-0.05, 0) is 25.8 Å². The van der Waals surface area contributed by atoms with Gasteiger partial charge in [0.05, 0.1) is 6.61 Å². The Morgan fingerprint density at radius 1 is 1.43 bits per heavy atom. The lowest BCUT2D eigenvalue weighted by Gasteiger charge is -2.13. The van der Waals surface area contributed by atoms with Gasteiger partial charge in [0.1, 0.15) is 0 Å². The van der Waals surface area contributed by atoms with Crippen LogP contribution in [0.4, 0.5) is 0 Å². The summed E-state index contributed by atoms with van der Waals surface area (Å²) in [5.74, 6) is 1.70. The lowest BCUT2D eigenvalue weighted by molar-refractivity contribution is 0.106. The molecule has 1 rings (SSSR count). The van der Waals surface area contributed by atoms with E-state index >= 15 is 0 Å². The summed E-state index contributed by atoms with van der Waals surface area (Å²) in [4.78, 5) is 2.26. The first-order chi connectivity index (χ1) is 6.83. The monoisotopic (exact) mass is 215 g/mol. The molecule has 0 aromatic heterocycles. The molecule has 2 nitrogen and oxygen atoms in total. The summed E-state index contributed by atoms with van der Waals surface area (Å²) in [5.41, 5.74) is 0. The molecule has 0 radical (unpaired) electrons. The van der Waals surface area contributed by atoms with Crippen molar-refractivity contribution in [3.63, 3.8) is 0 Å². The third-order valence-electron chi connectivity index (χ3n) is 2.36. The Labute approximate surface area is 92.7 Å². The summed E-state index contributed by atoms with van der Waals surface area (Å²) in [6, 6.07) is 0. The normalized spacial score (nSPS) is 17.1. The van der Waals surface area contributed by atoms with E-state index in [1.165, 1.54) is 12.8 Å². The molecule has 3 heteroatoms. The van der Waals surface area contributed by atoms with Gasteiger partial charge in [-0.25, -0.2) is 0 Å². The molecule has 0 amide bonds. The van der Waals surface area contributed by atoms with Gasteiger partial charge in [-0.3, -0.25) is 0 Å². The third-order valence-corrected chi connectivity index (χ3v) is 2.57. The van der Waals surface area contributed by atoms with Crippen molar-refractivity contribution in [1.82, 2.24) is 4.90 Å². The molecular weight excluding hydrogens is 194 g/mol. The first-order valence-electron chi connectivity index (χ1n) is 5.35. The molecule has 0 atom stereocenters. The van der Waals surface area contributed by atoms with Crippen LogP contribution in [0, 0.1) is 5.92 Å². The Hall–Kier alpha value is 0.01000. The minimum absolute atomic E-state index is 0.825. The Morgan fingerprint density at radius 3 is 2.86 bits per heavy atom. The van der Waals surface area contributed by atoms with Crippen LogP contribution in [0.5, 0.6) is 0 Å². The number of hydrogen-bond acceptors (Lipinski definition) is 3. The van der Waals surface area contributed by atoms with Crippen molar-refractivity contribution in [2.45, 2.75) is 12.8 Å². The molecule has 0 heterocycles. The predicted molar refractivity (Wildman–Crippen MR) is 64.0 cm³/mol. The van der Waals surface area contributed by atoms with Crippen LogP contribution in [0.3, 0.4) is 0 Å². The highest BCUT2D eigenvalue weighted by molar-refractivity contribution is 7.80. The summed E-state index contributed by atoms with van der Waals surface area (Å²) in [6.45, 7) is 3.85. The number of hydrogen-bond donors (Lipinski definition) is 1. The van der Waals surface area contributed by atoms with E-state index in [0.717, 1.165) is 38.0 Å². The summed E-state index contributed by atoms with van der Waals surface area (Å²) in [7, 11) is 2.11. The van der Waals surface area contributed by atoms with E-state index in [1.54, 1.807) is 0 Å². The zero-order valence-electron chi connectivity index (χ0n) is 8.98. The van der Waals surface area contributed by atoms with Gasteiger partial charge in [0.15, 0.2) is 0 Å². The summed E-state index contributed by atoms with van der Waals surface area (Å²) >= 11 is 4.11. The molecule has 0 spiro atoms. The van der Waals surface area contributed by atoms with E-state index in [9.17, 15) is 0 Å². The Balaban J connectivity index is 1.85. The minimum Gasteiger partial charge on any atom is -0.380 e. The molecule has 0 aliphatic heterocycles. The average Bonchev–Trinajstić information content (AvgIpc) is 2.97. The molecular formula is C11H21NOS. The molecule has 0 bridgehead atoms. The van der Waals surface area contributed by atoms with Crippen LogP contribution in [0.1, 0.15) is 12.8 Å². The van der Waals surface area contributed by atoms with Gasteiger partial charge in [0, 0.05) is 25.4 Å². The van der Waals surface area contributed by atoms with E-state index in [1.807, 2.05) is 0 Å². The maximum atomic E-state index is 5.55. The van der Waals surface area contributed by atoms with E-state index in [-0.39, 0.29) is 0 Å². The fourth-order valence-electron chi connectivity index (χ4n) is 1.18. The second-order valence-electron chi connectivity index (χ2n) is 3.93. The molecule has 82 valence electrons. The standard InChI is InChI=1S/C11H21NOS/c1-12(6-2-3-9-14)7-8-13-10-11-4-5-11/h2-3,11,14H,4-10H2,1H3. The van der Waals surface area contributed by atoms with Crippen LogP contribution in [0.15, 0.2) is 12.2 Å². The summed E-state index contributed by atoms with van der Waals surface area (Å²) in [6.07, 6.45) is 6.97. The van der Waals surface area contributed by atoms with Crippen molar-refractivity contribution >= 4 is 12.6 Å². The third kappa shape index (κ3) is 6.46. The molecule has 1 fully saturated rings. The van der Waals surface area contributed by atoms with Crippen LogP contribution in [0.25, 0.3) is 0 Å². The lowest BCUT2D eigenvalue weighted by Crippen LogP contribution is -2.23. The van der Waals surface area contributed by atoms with Gasteiger partial charge >= 0.3 is 0 Å². The smallest absolute Gasteiger partial charge is 0.0593 e. The zero-order valence-corrected chi connectivity index (χ0v) is 9.88. The van der Waals surface area contributed by atoms with Crippen LogP contribution in [0.2, 0.25) is 0 Å². The van der Waals surface area contributed by atoms with Crippen LogP contribution < -0.4 is 0 Å². The predicted octanol–water partition coefficient (Wildman–Crippen LogP) is 1.83. The Morgan fingerprint density at radius 2 is 2.21 bits per heavy atom. The van der Waals surface area contributed by atoms with Crippen molar-refractivity contribution in [1.29, 1.82) is 0 Å². The van der Waals surface area contributed by atoms with Gasteiger partial charge in [-0.15, -0.1) is 0 Å². The van der Waals surface area contributed by atoms with Crippen molar-refractivity contribution in [3.05, 3.63) is 12.2 Å². The van der Waals surface area contributed by atoms with E-state index < -0.39 is 0 Å². The number of nitrogens with zero attached hydrogens (tertiary/aromatic N) is 1. The molecule has 14 heavy (non-hydrogen) atoms. The largest absolute Gasteiger partial charge is 0.380 e. The number of thiol groups is 1. The Bertz CT molecular complexity index is 169. The molecule has 0 unspecified atom stereocenters. The van der Waals surface area contributed by atoms with E-state index in [0.29, 0.717) is 0 Å². The first-order valence-corrected chi connectivity index (χ1v) is 5.98. The minimum atomic E-state index is 0.825. The van der Waals surface area contributed by atoms with Gasteiger partial charge in [0.25, 0.3) is 0 Å². The summed E-state index contributed by atoms with van der Waals surface area (Å²) in [5, 5.41) is 0. The van der Waals surface area contributed by atoms with E-state index in [2.05, 4.69) is 36.7 Å². The number of ether oxygens (including phenoxy) is 1. The van der Waals surface area contributed by atoms with Gasteiger partial charge in [0.2, 0.25) is 0 Å². The summed E-state index contributed by atoms with van der Waals surface area (Å²) < 4.78 is 5.55. The van der Waals surface area contributed by atoms with Gasteiger partial charge in [-0.1, -0.05) is 12.2 Å². The fourth-order valence-corrected chi connectivity index (χ4v) is 1.32. The number of rotatable bonds is 8. The molecule has 0 N–H and O–H groups in total. The number of likely N-dealkylation sites (N-methyl/N-ethyl adjacent to an activating group) is 1. The molecule has 0 aromatic carbocycles. The second-order valence-corrected chi connectivity index (χ2v) is 4.30. The van der Waals surface area contributed by atoms with Gasteiger partial charge in [-0.2, -0.15) is 12.6 Å². The maximum Gasteiger partial charge on any atom is 0.0593 e. The molecule has 0 aromatic rings. The van der Waals surface area contributed by atoms with Crippen molar-refractivity contribution in [2.75, 3.05) is 39.1 Å². The Kier molecular flexibility index (Phi) is 6.32. The van der Waals surface area contributed by atoms with Crippen LogP contribution in [-0.2, 0) is 4.74 Å². The molecule has 1 aliphatic rings. The van der Waals surface area contributed by atoms with E-state index in [4.69, 9.17) is 4.74 Å². The quantitative estimate of drug-likeness (QED) is 0.377. The fraction of sp³-hybridized carbons (Fsp3) is 0.818. The van der Waals surface area contributed by atoms with Crippen molar-refractivity contribution in [2.24, 2.45) is 5.92 Å². The molecule has 1 saturated carbocycles. The lowest BCUT2D eigenvalue weighted by atomic mass is 10.4. The highest BCUT2D eigenvalue weighted by Gasteiger charge is 2.20. The second kappa shape index (κ2) is 7.32. The first kappa shape index (κ1) is 12.1. The topological polar surface area (TPSA) is 12.5 Å². The van der Waals surface area contributed by atoms with Crippen LogP contribution in [-0.4, -0.2) is 44.0 Å². The zero-order chi connectivity index (χ0) is 10.2. The van der Waals surface area contributed by atoms with Crippen molar-refractivity contribution in [3.8, 4) is 0 Å². The highest BCUT2D eigenvalue weighted by Crippen LogP contribution is 2.28. The van der Waals surface area contributed by atoms with Crippen molar-refractivity contribution < 1.29 is 4.74 Å². The van der Waals surface area contributed by atoms with Gasteiger partial charge < -0.3 is 9.64 Å². The average molecular weight is 215 g/mol. The maximum absolute atomic E-state index is 5.55. The SMILES string of the molecule is CN(CC=CCS)CCOCC1CC1. The molecule has 1 aliphatic carbocycles.